The second kappa shape index (κ2) is 14.2. The molecule has 0 saturated heterocycles. The number of aliphatic carboxylic acids is 1. The second-order valence-corrected chi connectivity index (χ2v) is 9.04. The molecule has 2 rings (SSSR count). The molecule has 1 aromatic heterocycles. The maximum Gasteiger partial charge on any atom is 0.326 e. The van der Waals surface area contributed by atoms with E-state index in [4.69, 9.17) is 22.9 Å². The number of fused-ring (bicyclic) bond motifs is 1. The number of carbonyl (C=O) groups excluding carboxylic acids is 6. The number of H-pyrrole nitrogens is 1. The Hall–Kier alpha value is -4.99. The zero-order chi connectivity index (χ0) is 30.0. The normalized spacial score (nSPS) is 13.8. The van der Waals surface area contributed by atoms with E-state index in [1.165, 1.54) is 0 Å². The number of amides is 6. The van der Waals surface area contributed by atoms with Crippen LogP contribution in [0, 0.1) is 0 Å². The summed E-state index contributed by atoms with van der Waals surface area (Å²) in [6, 6.07) is 1.21. The van der Waals surface area contributed by atoms with Crippen LogP contribution in [-0.2, 0) is 40.0 Å². The zero-order valence-corrected chi connectivity index (χ0v) is 21.3. The quantitative estimate of drug-likeness (QED) is 0.0986. The molecular weight excluding hydrogens is 528 g/mol. The number of hydrogen-bond donors (Lipinski definition) is 9. The lowest BCUT2D eigenvalue weighted by atomic mass is 10.0. The largest absolute Gasteiger partial charge is 0.480 e. The fraction of sp³-hybridized carbons (Fsp3) is 0.375. The van der Waals surface area contributed by atoms with E-state index in [0.29, 0.717) is 5.56 Å². The fourth-order valence-corrected chi connectivity index (χ4v) is 3.79. The van der Waals surface area contributed by atoms with Gasteiger partial charge in [-0.15, -0.1) is 0 Å². The number of primary amides is 3. The highest BCUT2D eigenvalue weighted by atomic mass is 16.4. The molecule has 4 atom stereocenters. The first kappa shape index (κ1) is 31.2. The molecule has 0 aliphatic rings. The van der Waals surface area contributed by atoms with E-state index in [2.05, 4.69) is 15.6 Å². The van der Waals surface area contributed by atoms with Gasteiger partial charge in [0.05, 0.1) is 18.9 Å². The van der Waals surface area contributed by atoms with Crippen molar-refractivity contribution in [1.29, 1.82) is 0 Å². The summed E-state index contributed by atoms with van der Waals surface area (Å²) < 4.78 is 0. The average Bonchev–Trinajstić information content (AvgIpc) is 3.28. The van der Waals surface area contributed by atoms with Gasteiger partial charge < -0.3 is 49.0 Å². The monoisotopic (exact) mass is 560 g/mol. The Labute approximate surface area is 227 Å². The number of carboxylic acids is 1. The minimum absolute atomic E-state index is 0.0888. The highest BCUT2D eigenvalue weighted by Crippen LogP contribution is 2.19. The number of nitrogens with two attached hydrogens (primary N) is 4. The Morgan fingerprint density at radius 3 is 1.93 bits per heavy atom. The summed E-state index contributed by atoms with van der Waals surface area (Å²) in [7, 11) is 0. The van der Waals surface area contributed by atoms with Gasteiger partial charge in [-0.1, -0.05) is 18.2 Å². The summed E-state index contributed by atoms with van der Waals surface area (Å²) in [5.74, 6) is -7.12. The van der Waals surface area contributed by atoms with Crippen LogP contribution in [0.2, 0.25) is 0 Å². The van der Waals surface area contributed by atoms with Gasteiger partial charge in [-0.3, -0.25) is 28.8 Å². The topological polar surface area (TPSA) is 296 Å². The van der Waals surface area contributed by atoms with Crippen LogP contribution in [-0.4, -0.2) is 75.7 Å². The van der Waals surface area contributed by atoms with E-state index in [9.17, 15) is 38.7 Å². The Bertz CT molecular complexity index is 1290. The molecule has 13 N–H and O–H groups in total. The number of benzene rings is 1. The zero-order valence-electron chi connectivity index (χ0n) is 21.3. The predicted molar refractivity (Wildman–Crippen MR) is 139 cm³/mol. The predicted octanol–water partition coefficient (Wildman–Crippen LogP) is -3.41. The maximum absolute atomic E-state index is 13.4. The van der Waals surface area contributed by atoms with E-state index in [0.717, 1.165) is 10.9 Å². The minimum atomic E-state index is -1.73. The fourth-order valence-electron chi connectivity index (χ4n) is 3.79. The number of carboxylic acid groups (broad SMARTS) is 1. The molecule has 1 aromatic carbocycles. The lowest BCUT2D eigenvalue weighted by Crippen LogP contribution is -2.58. The van der Waals surface area contributed by atoms with Crippen LogP contribution >= 0.6 is 0 Å². The van der Waals surface area contributed by atoms with Crippen molar-refractivity contribution < 1.29 is 38.7 Å². The van der Waals surface area contributed by atoms with Crippen molar-refractivity contribution in [3.8, 4) is 0 Å². The van der Waals surface area contributed by atoms with Crippen molar-refractivity contribution in [1.82, 2.24) is 20.9 Å². The number of rotatable bonds is 16. The molecule has 6 amide bonds. The molecule has 16 heteroatoms. The molecule has 0 saturated carbocycles. The van der Waals surface area contributed by atoms with Crippen molar-refractivity contribution in [2.24, 2.45) is 22.9 Å². The van der Waals surface area contributed by atoms with E-state index in [1.54, 1.807) is 30.5 Å². The summed E-state index contributed by atoms with van der Waals surface area (Å²) in [6.45, 7) is 0. The van der Waals surface area contributed by atoms with Gasteiger partial charge in [0.25, 0.3) is 0 Å². The third-order valence-corrected chi connectivity index (χ3v) is 5.83. The number of hydrogen-bond acceptors (Lipinski definition) is 8. The number of carbonyl (C=O) groups is 7. The van der Waals surface area contributed by atoms with Crippen molar-refractivity contribution in [2.45, 2.75) is 56.3 Å². The van der Waals surface area contributed by atoms with Crippen LogP contribution in [0.3, 0.4) is 0 Å². The summed E-state index contributed by atoms with van der Waals surface area (Å²) in [5, 5.41) is 16.8. The highest BCUT2D eigenvalue weighted by molar-refractivity contribution is 5.97. The van der Waals surface area contributed by atoms with Crippen LogP contribution in [0.15, 0.2) is 30.5 Å². The first-order valence-corrected chi connectivity index (χ1v) is 12.1. The van der Waals surface area contributed by atoms with Gasteiger partial charge in [0.1, 0.15) is 18.1 Å². The summed E-state index contributed by atoms with van der Waals surface area (Å²) in [5.41, 5.74) is 22.5. The molecule has 0 bridgehead atoms. The Morgan fingerprint density at radius 2 is 1.32 bits per heavy atom. The molecule has 2 aromatic rings. The molecule has 4 unspecified atom stereocenters. The molecule has 0 fully saturated rings. The standard InChI is InChI=1S/C24H32N8O8/c25-13(5-6-18(26)33)21(36)30-15(7-11-10-29-14-4-2-1-3-12(11)14)22(37)31-16(8-19(27)34)23(38)32-17(24(39)40)9-20(28)35/h1-4,10,13,15-17,29H,5-9,25H2,(H2,26,33)(H2,27,34)(H2,28,35)(H,30,36)(H,31,37)(H,32,38)(H,39,40). The number of para-hydroxylation sites is 1. The Kier molecular flexibility index (Phi) is 11.1. The SMILES string of the molecule is NC(=O)CCC(N)C(=O)NC(Cc1c[nH]c2ccccc12)C(=O)NC(CC(N)=O)C(=O)NC(CC(N)=O)C(=O)O. The van der Waals surface area contributed by atoms with Gasteiger partial charge in [0, 0.05) is 29.9 Å². The number of aromatic nitrogens is 1. The molecule has 16 nitrogen and oxygen atoms in total. The van der Waals surface area contributed by atoms with Crippen LogP contribution in [0.1, 0.15) is 31.2 Å². The van der Waals surface area contributed by atoms with Crippen LogP contribution in [0.5, 0.6) is 0 Å². The van der Waals surface area contributed by atoms with Gasteiger partial charge in [-0.25, -0.2) is 4.79 Å². The lowest BCUT2D eigenvalue weighted by Gasteiger charge is -2.24. The molecule has 0 spiro atoms. The van der Waals surface area contributed by atoms with Crippen LogP contribution in [0.25, 0.3) is 10.9 Å². The minimum Gasteiger partial charge on any atom is -0.480 e. The molecule has 0 aliphatic carbocycles. The Morgan fingerprint density at radius 1 is 0.775 bits per heavy atom. The Balaban J connectivity index is 2.31. The summed E-state index contributed by atoms with van der Waals surface area (Å²) in [6.07, 6.45) is -0.211. The van der Waals surface area contributed by atoms with Crippen LogP contribution in [0.4, 0.5) is 0 Å². The number of nitrogens with one attached hydrogen (secondary N) is 4. The molecule has 0 radical (unpaired) electrons. The number of aromatic amines is 1. The van der Waals surface area contributed by atoms with Crippen molar-refractivity contribution in [2.75, 3.05) is 0 Å². The van der Waals surface area contributed by atoms with Gasteiger partial charge in [-0.2, -0.15) is 0 Å². The molecule has 0 aliphatic heterocycles. The van der Waals surface area contributed by atoms with E-state index in [-0.39, 0.29) is 19.3 Å². The third-order valence-electron chi connectivity index (χ3n) is 5.83. The van der Waals surface area contributed by atoms with E-state index >= 15 is 0 Å². The molecular formula is C24H32N8O8. The van der Waals surface area contributed by atoms with Gasteiger partial charge in [-0.05, 0) is 18.1 Å². The first-order chi connectivity index (χ1) is 18.8. The maximum atomic E-state index is 13.4. The van der Waals surface area contributed by atoms with E-state index < -0.39 is 78.4 Å². The summed E-state index contributed by atoms with van der Waals surface area (Å²) in [4.78, 5) is 87.2. The van der Waals surface area contributed by atoms with Crippen molar-refractivity contribution >= 4 is 52.3 Å². The highest BCUT2D eigenvalue weighted by Gasteiger charge is 2.32. The average molecular weight is 561 g/mol. The third kappa shape index (κ3) is 9.39. The summed E-state index contributed by atoms with van der Waals surface area (Å²) >= 11 is 0. The van der Waals surface area contributed by atoms with E-state index in [1.807, 2.05) is 5.32 Å². The molecule has 216 valence electrons. The van der Waals surface area contributed by atoms with Crippen molar-refractivity contribution in [3.05, 3.63) is 36.0 Å². The van der Waals surface area contributed by atoms with Crippen LogP contribution < -0.4 is 38.9 Å². The molecule has 40 heavy (non-hydrogen) atoms. The van der Waals surface area contributed by atoms with Gasteiger partial charge in [0.15, 0.2) is 0 Å². The van der Waals surface area contributed by atoms with Crippen molar-refractivity contribution in [3.63, 3.8) is 0 Å². The first-order valence-electron chi connectivity index (χ1n) is 12.1. The smallest absolute Gasteiger partial charge is 0.326 e. The molecule has 1 heterocycles. The lowest BCUT2D eigenvalue weighted by molar-refractivity contribution is -0.144. The second-order valence-electron chi connectivity index (χ2n) is 9.04. The van der Waals surface area contributed by atoms with Gasteiger partial charge in [0.2, 0.25) is 35.4 Å². The van der Waals surface area contributed by atoms with Gasteiger partial charge >= 0.3 is 5.97 Å².